The second kappa shape index (κ2) is 7.15. The molecule has 0 aromatic heterocycles. The topological polar surface area (TPSA) is 95.1 Å². The molecule has 1 aliphatic carbocycles. The van der Waals surface area contributed by atoms with Gasteiger partial charge in [-0.2, -0.15) is 0 Å². The van der Waals surface area contributed by atoms with Crippen molar-refractivity contribution in [2.24, 2.45) is 5.73 Å². The lowest BCUT2D eigenvalue weighted by Gasteiger charge is -2.26. The van der Waals surface area contributed by atoms with Crippen molar-refractivity contribution >= 4 is 60.7 Å². The smallest absolute Gasteiger partial charge is 0.239 e. The number of allylic oxidation sites excluding steroid dienone is 3. The number of primary amides is 1. The van der Waals surface area contributed by atoms with Gasteiger partial charge in [-0.3, -0.25) is 4.79 Å². The monoisotopic (exact) mass is 421 g/mol. The minimum atomic E-state index is -0.856. The standard InChI is InChI=1S/C7H6Br2ClNO.C6H8N2/c8-5-3-4(10)1-2-7(5,9)6(11)12;7-5-3-1-2-4-6(5)8/h1-3,5H,(H2,11,12);1-4H,7-8H2. The van der Waals surface area contributed by atoms with Gasteiger partial charge in [0.1, 0.15) is 4.32 Å². The molecule has 2 rings (SSSR count). The molecule has 4 nitrogen and oxygen atoms in total. The van der Waals surface area contributed by atoms with Crippen molar-refractivity contribution in [1.82, 2.24) is 0 Å². The lowest BCUT2D eigenvalue weighted by molar-refractivity contribution is -0.118. The van der Waals surface area contributed by atoms with Gasteiger partial charge in [0, 0.05) is 5.03 Å². The van der Waals surface area contributed by atoms with Gasteiger partial charge in [-0.1, -0.05) is 61.7 Å². The number of para-hydroxylation sites is 2. The Morgan fingerprint density at radius 3 is 2.10 bits per heavy atom. The molecule has 0 saturated carbocycles. The quantitative estimate of drug-likeness (QED) is 0.479. The Labute approximate surface area is 139 Å². The number of anilines is 2. The number of benzene rings is 1. The first kappa shape index (κ1) is 17.1. The van der Waals surface area contributed by atoms with Crippen LogP contribution in [-0.4, -0.2) is 15.1 Å². The molecule has 108 valence electrons. The lowest BCUT2D eigenvalue weighted by Crippen LogP contribution is -2.44. The van der Waals surface area contributed by atoms with E-state index in [9.17, 15) is 4.79 Å². The minimum Gasteiger partial charge on any atom is -0.397 e. The second-order valence-electron chi connectivity index (χ2n) is 4.05. The molecule has 1 aliphatic rings. The van der Waals surface area contributed by atoms with Crippen LogP contribution in [0.25, 0.3) is 0 Å². The van der Waals surface area contributed by atoms with Gasteiger partial charge in [0.25, 0.3) is 0 Å². The fourth-order valence-electron chi connectivity index (χ4n) is 1.34. The van der Waals surface area contributed by atoms with Crippen molar-refractivity contribution in [1.29, 1.82) is 0 Å². The molecule has 7 heteroatoms. The first-order chi connectivity index (χ1) is 9.27. The molecule has 2 unspecified atom stereocenters. The number of nitrogen functional groups attached to an aromatic ring is 2. The van der Waals surface area contributed by atoms with E-state index in [-0.39, 0.29) is 4.83 Å². The molecule has 0 aliphatic heterocycles. The number of halogens is 3. The van der Waals surface area contributed by atoms with Gasteiger partial charge in [0.05, 0.1) is 16.2 Å². The minimum absolute atomic E-state index is 0.208. The zero-order valence-corrected chi connectivity index (χ0v) is 14.3. The summed E-state index contributed by atoms with van der Waals surface area (Å²) < 4.78 is -0.856. The summed E-state index contributed by atoms with van der Waals surface area (Å²) in [6.07, 6.45) is 4.98. The highest BCUT2D eigenvalue weighted by Crippen LogP contribution is 2.35. The van der Waals surface area contributed by atoms with Crippen LogP contribution < -0.4 is 17.2 Å². The summed E-state index contributed by atoms with van der Waals surface area (Å²) in [5.74, 6) is -0.443. The molecule has 0 radical (unpaired) electrons. The van der Waals surface area contributed by atoms with Crippen LogP contribution in [0.5, 0.6) is 0 Å². The van der Waals surface area contributed by atoms with E-state index < -0.39 is 10.2 Å². The third-order valence-electron chi connectivity index (χ3n) is 2.57. The van der Waals surface area contributed by atoms with Crippen LogP contribution in [0.4, 0.5) is 11.4 Å². The van der Waals surface area contributed by atoms with E-state index in [1.807, 2.05) is 12.1 Å². The number of rotatable bonds is 1. The SMILES string of the molecule is NC(=O)C1(Br)C=CC(Cl)=CC1Br.Nc1ccccc1N. The van der Waals surface area contributed by atoms with Gasteiger partial charge < -0.3 is 17.2 Å². The van der Waals surface area contributed by atoms with Gasteiger partial charge in [-0.05, 0) is 24.3 Å². The maximum absolute atomic E-state index is 11.0. The molecule has 0 spiro atoms. The van der Waals surface area contributed by atoms with Crippen LogP contribution >= 0.6 is 43.5 Å². The summed E-state index contributed by atoms with van der Waals surface area (Å²) in [5, 5.41) is 0.591. The summed E-state index contributed by atoms with van der Waals surface area (Å²) in [6, 6.07) is 7.25. The zero-order chi connectivity index (χ0) is 15.3. The Bertz CT molecular complexity index is 541. The first-order valence-electron chi connectivity index (χ1n) is 5.57. The molecule has 0 heterocycles. The van der Waals surface area contributed by atoms with Crippen molar-refractivity contribution in [3.63, 3.8) is 0 Å². The van der Waals surface area contributed by atoms with Crippen molar-refractivity contribution in [3.8, 4) is 0 Å². The van der Waals surface area contributed by atoms with Crippen LogP contribution in [-0.2, 0) is 4.79 Å². The molecule has 1 amide bonds. The highest BCUT2D eigenvalue weighted by atomic mass is 79.9. The van der Waals surface area contributed by atoms with Crippen molar-refractivity contribution in [2.75, 3.05) is 11.5 Å². The Hall–Kier alpha value is -0.980. The third-order valence-corrected chi connectivity index (χ3v) is 5.57. The van der Waals surface area contributed by atoms with E-state index in [2.05, 4.69) is 31.9 Å². The molecule has 6 N–H and O–H groups in total. The number of hydrogen-bond acceptors (Lipinski definition) is 3. The molecule has 0 saturated heterocycles. The van der Waals surface area contributed by atoms with Crippen molar-refractivity contribution in [2.45, 2.75) is 9.15 Å². The van der Waals surface area contributed by atoms with Gasteiger partial charge in [-0.15, -0.1) is 0 Å². The Balaban J connectivity index is 0.000000217. The molecule has 1 aromatic rings. The summed E-state index contributed by atoms with van der Waals surface area (Å²) in [4.78, 5) is 10.8. The average Bonchev–Trinajstić information content (AvgIpc) is 2.38. The number of carbonyl (C=O) groups excluding carboxylic acids is 1. The number of hydrogen-bond donors (Lipinski definition) is 3. The average molecular weight is 424 g/mol. The first-order valence-corrected chi connectivity index (χ1v) is 7.65. The van der Waals surface area contributed by atoms with Gasteiger partial charge >= 0.3 is 0 Å². The van der Waals surface area contributed by atoms with Crippen LogP contribution in [0.3, 0.4) is 0 Å². The number of carbonyl (C=O) groups is 1. The third kappa shape index (κ3) is 4.26. The molecule has 1 aromatic carbocycles. The number of alkyl halides is 2. The fraction of sp³-hybridized carbons (Fsp3) is 0.154. The number of nitrogens with two attached hydrogens (primary N) is 3. The van der Waals surface area contributed by atoms with Crippen LogP contribution in [0.2, 0.25) is 0 Å². The summed E-state index contributed by atoms with van der Waals surface area (Å²) in [7, 11) is 0. The van der Waals surface area contributed by atoms with Gasteiger partial charge in [0.15, 0.2) is 0 Å². The van der Waals surface area contributed by atoms with E-state index in [1.165, 1.54) is 0 Å². The van der Waals surface area contributed by atoms with E-state index in [0.717, 1.165) is 0 Å². The molecule has 20 heavy (non-hydrogen) atoms. The van der Waals surface area contributed by atoms with Crippen molar-refractivity contribution in [3.05, 3.63) is 47.5 Å². The van der Waals surface area contributed by atoms with E-state index >= 15 is 0 Å². The van der Waals surface area contributed by atoms with Crippen LogP contribution in [0.1, 0.15) is 0 Å². The largest absolute Gasteiger partial charge is 0.397 e. The highest BCUT2D eigenvalue weighted by Gasteiger charge is 2.38. The molecular formula is C13H14Br2ClN3O. The van der Waals surface area contributed by atoms with Gasteiger partial charge in [-0.25, -0.2) is 0 Å². The molecule has 0 bridgehead atoms. The van der Waals surface area contributed by atoms with E-state index in [4.69, 9.17) is 28.8 Å². The summed E-state index contributed by atoms with van der Waals surface area (Å²) >= 11 is 12.2. The number of amides is 1. The predicted octanol–water partition coefficient (Wildman–Crippen LogP) is 2.91. The van der Waals surface area contributed by atoms with Crippen LogP contribution in [0, 0.1) is 0 Å². The Morgan fingerprint density at radius 1 is 1.25 bits per heavy atom. The van der Waals surface area contributed by atoms with Crippen LogP contribution in [0.15, 0.2) is 47.5 Å². The summed E-state index contributed by atoms with van der Waals surface area (Å²) in [6.45, 7) is 0. The zero-order valence-electron chi connectivity index (χ0n) is 10.4. The second-order valence-corrected chi connectivity index (χ2v) is 6.78. The van der Waals surface area contributed by atoms with E-state index in [0.29, 0.717) is 16.4 Å². The molecule has 2 atom stereocenters. The van der Waals surface area contributed by atoms with Gasteiger partial charge in [0.2, 0.25) is 5.91 Å². The maximum Gasteiger partial charge on any atom is 0.239 e. The molecule has 0 fully saturated rings. The Kier molecular flexibility index (Phi) is 6.10. The maximum atomic E-state index is 11.0. The summed E-state index contributed by atoms with van der Waals surface area (Å²) in [5.41, 5.74) is 17.3. The fourth-order valence-corrected chi connectivity index (χ4v) is 2.61. The molecular weight excluding hydrogens is 409 g/mol. The Morgan fingerprint density at radius 2 is 1.75 bits per heavy atom. The predicted molar refractivity (Wildman–Crippen MR) is 91.9 cm³/mol. The lowest BCUT2D eigenvalue weighted by atomic mass is 10.00. The highest BCUT2D eigenvalue weighted by molar-refractivity contribution is 9.13. The normalized spacial score (nSPS) is 24.4. The van der Waals surface area contributed by atoms with Crippen molar-refractivity contribution < 1.29 is 4.79 Å². The van der Waals surface area contributed by atoms with E-state index in [1.54, 1.807) is 30.4 Å².